The summed E-state index contributed by atoms with van der Waals surface area (Å²) in [4.78, 5) is 0. The molecule has 0 bridgehead atoms. The SMILES string of the molecule is COc1cc(COCC2CCCCN2)ccc1C#N. The van der Waals surface area contributed by atoms with Crippen molar-refractivity contribution in [2.45, 2.75) is 31.9 Å². The van der Waals surface area contributed by atoms with E-state index in [4.69, 9.17) is 14.7 Å². The minimum atomic E-state index is 0.481. The fourth-order valence-electron chi connectivity index (χ4n) is 2.30. The van der Waals surface area contributed by atoms with E-state index in [1.807, 2.05) is 12.1 Å². The molecule has 1 N–H and O–H groups in total. The minimum absolute atomic E-state index is 0.481. The van der Waals surface area contributed by atoms with Crippen LogP contribution in [0.2, 0.25) is 0 Å². The van der Waals surface area contributed by atoms with Gasteiger partial charge in [-0.25, -0.2) is 0 Å². The molecule has 1 atom stereocenters. The minimum Gasteiger partial charge on any atom is -0.495 e. The van der Waals surface area contributed by atoms with Crippen molar-refractivity contribution in [3.05, 3.63) is 29.3 Å². The maximum absolute atomic E-state index is 8.92. The number of benzene rings is 1. The van der Waals surface area contributed by atoms with E-state index in [2.05, 4.69) is 11.4 Å². The lowest BCUT2D eigenvalue weighted by Gasteiger charge is -2.23. The summed E-state index contributed by atoms with van der Waals surface area (Å²) in [7, 11) is 1.58. The molecule has 4 heteroatoms. The maximum atomic E-state index is 8.92. The summed E-state index contributed by atoms with van der Waals surface area (Å²) in [6.07, 6.45) is 3.74. The largest absolute Gasteiger partial charge is 0.495 e. The van der Waals surface area contributed by atoms with Gasteiger partial charge in [0.15, 0.2) is 0 Å². The molecular formula is C15H20N2O2. The number of methoxy groups -OCH3 is 1. The fraction of sp³-hybridized carbons (Fsp3) is 0.533. The summed E-state index contributed by atoms with van der Waals surface area (Å²) >= 11 is 0. The van der Waals surface area contributed by atoms with Gasteiger partial charge in [-0.2, -0.15) is 5.26 Å². The molecule has 0 amide bonds. The van der Waals surface area contributed by atoms with Crippen LogP contribution in [0, 0.1) is 11.3 Å². The number of piperidine rings is 1. The van der Waals surface area contributed by atoms with E-state index in [0.29, 0.717) is 24.0 Å². The molecule has 1 aliphatic rings. The summed E-state index contributed by atoms with van der Waals surface area (Å²) in [6, 6.07) is 8.14. The van der Waals surface area contributed by atoms with Crippen LogP contribution in [-0.2, 0) is 11.3 Å². The van der Waals surface area contributed by atoms with Gasteiger partial charge in [0, 0.05) is 6.04 Å². The summed E-state index contributed by atoms with van der Waals surface area (Å²) in [6.45, 7) is 2.39. The predicted molar refractivity (Wildman–Crippen MR) is 73.0 cm³/mol. The molecule has 0 aromatic heterocycles. The molecule has 102 valence electrons. The quantitative estimate of drug-likeness (QED) is 0.882. The molecule has 1 aromatic carbocycles. The van der Waals surface area contributed by atoms with Gasteiger partial charge in [0.25, 0.3) is 0 Å². The zero-order chi connectivity index (χ0) is 13.5. The molecule has 0 radical (unpaired) electrons. The highest BCUT2D eigenvalue weighted by Gasteiger charge is 2.12. The molecule has 19 heavy (non-hydrogen) atoms. The Morgan fingerprint density at radius 1 is 1.42 bits per heavy atom. The van der Waals surface area contributed by atoms with E-state index in [1.165, 1.54) is 19.3 Å². The van der Waals surface area contributed by atoms with Gasteiger partial charge in [-0.15, -0.1) is 0 Å². The number of nitrogens with one attached hydrogen (secondary N) is 1. The molecule has 1 unspecified atom stereocenters. The van der Waals surface area contributed by atoms with Crippen molar-refractivity contribution in [3.63, 3.8) is 0 Å². The van der Waals surface area contributed by atoms with Crippen molar-refractivity contribution in [2.24, 2.45) is 0 Å². The van der Waals surface area contributed by atoms with Crippen molar-refractivity contribution in [1.29, 1.82) is 5.26 Å². The lowest BCUT2D eigenvalue weighted by atomic mass is 10.1. The Kier molecular flexibility index (Phi) is 5.20. The average molecular weight is 260 g/mol. The van der Waals surface area contributed by atoms with Crippen LogP contribution in [0.3, 0.4) is 0 Å². The Morgan fingerprint density at radius 3 is 3.00 bits per heavy atom. The Balaban J connectivity index is 1.84. The van der Waals surface area contributed by atoms with Crippen LogP contribution in [0.5, 0.6) is 5.75 Å². The van der Waals surface area contributed by atoms with Crippen molar-refractivity contribution < 1.29 is 9.47 Å². The Hall–Kier alpha value is -1.57. The van der Waals surface area contributed by atoms with E-state index in [0.717, 1.165) is 18.7 Å². The van der Waals surface area contributed by atoms with Gasteiger partial charge in [-0.3, -0.25) is 0 Å². The van der Waals surface area contributed by atoms with E-state index < -0.39 is 0 Å². The number of nitriles is 1. The molecule has 0 spiro atoms. The zero-order valence-electron chi connectivity index (χ0n) is 11.3. The molecule has 1 saturated heterocycles. The van der Waals surface area contributed by atoms with Crippen molar-refractivity contribution in [3.8, 4) is 11.8 Å². The van der Waals surface area contributed by atoms with Gasteiger partial charge >= 0.3 is 0 Å². The highest BCUT2D eigenvalue weighted by atomic mass is 16.5. The molecule has 0 saturated carbocycles. The second kappa shape index (κ2) is 7.13. The molecule has 4 nitrogen and oxygen atoms in total. The topological polar surface area (TPSA) is 54.3 Å². The molecule has 1 aromatic rings. The number of hydrogen-bond acceptors (Lipinski definition) is 4. The first-order valence-corrected chi connectivity index (χ1v) is 6.71. The van der Waals surface area contributed by atoms with Gasteiger partial charge in [-0.1, -0.05) is 12.5 Å². The summed E-state index contributed by atoms with van der Waals surface area (Å²) in [5.74, 6) is 0.611. The molecule has 0 aliphatic carbocycles. The Bertz CT molecular complexity index is 448. The zero-order valence-corrected chi connectivity index (χ0v) is 11.3. The summed E-state index contributed by atoms with van der Waals surface area (Å²) in [5.41, 5.74) is 1.59. The van der Waals surface area contributed by atoms with E-state index in [9.17, 15) is 0 Å². The second-order valence-corrected chi connectivity index (χ2v) is 4.81. The highest BCUT2D eigenvalue weighted by molar-refractivity contribution is 5.45. The van der Waals surface area contributed by atoms with Crippen molar-refractivity contribution in [1.82, 2.24) is 5.32 Å². The van der Waals surface area contributed by atoms with Crippen molar-refractivity contribution in [2.75, 3.05) is 20.3 Å². The summed E-state index contributed by atoms with van der Waals surface area (Å²) in [5, 5.41) is 12.4. The third-order valence-electron chi connectivity index (χ3n) is 3.39. The third-order valence-corrected chi connectivity index (χ3v) is 3.39. The van der Waals surface area contributed by atoms with Crippen LogP contribution in [-0.4, -0.2) is 26.3 Å². The van der Waals surface area contributed by atoms with Gasteiger partial charge in [0.05, 0.1) is 25.9 Å². The smallest absolute Gasteiger partial charge is 0.136 e. The van der Waals surface area contributed by atoms with Crippen LogP contribution < -0.4 is 10.1 Å². The molecule has 2 rings (SSSR count). The van der Waals surface area contributed by atoms with Crippen LogP contribution in [0.1, 0.15) is 30.4 Å². The van der Waals surface area contributed by atoms with E-state index in [-0.39, 0.29) is 0 Å². The van der Waals surface area contributed by atoms with Crippen LogP contribution in [0.25, 0.3) is 0 Å². The summed E-state index contributed by atoms with van der Waals surface area (Å²) < 4.78 is 10.9. The molecule has 1 aliphatic heterocycles. The average Bonchev–Trinajstić information content (AvgIpc) is 2.48. The Morgan fingerprint density at radius 2 is 2.32 bits per heavy atom. The number of ether oxygens (including phenoxy) is 2. The molecular weight excluding hydrogens is 240 g/mol. The highest BCUT2D eigenvalue weighted by Crippen LogP contribution is 2.19. The lowest BCUT2D eigenvalue weighted by Crippen LogP contribution is -2.37. The van der Waals surface area contributed by atoms with Crippen LogP contribution >= 0.6 is 0 Å². The van der Waals surface area contributed by atoms with Gasteiger partial charge < -0.3 is 14.8 Å². The van der Waals surface area contributed by atoms with Gasteiger partial charge in [0.1, 0.15) is 11.8 Å². The van der Waals surface area contributed by atoms with Crippen LogP contribution in [0.15, 0.2) is 18.2 Å². The normalized spacial score (nSPS) is 18.8. The predicted octanol–water partition coefficient (Wildman–Crippen LogP) is 2.23. The molecule has 1 fully saturated rings. The lowest BCUT2D eigenvalue weighted by molar-refractivity contribution is 0.0910. The second-order valence-electron chi connectivity index (χ2n) is 4.81. The standard InChI is InChI=1S/C15H20N2O2/c1-18-15-8-12(5-6-13(15)9-16)10-19-11-14-4-2-3-7-17-14/h5-6,8,14,17H,2-4,7,10-11H2,1H3. The first-order chi connectivity index (χ1) is 9.33. The monoisotopic (exact) mass is 260 g/mol. The number of nitrogens with zero attached hydrogens (tertiary/aromatic N) is 1. The third kappa shape index (κ3) is 3.95. The maximum Gasteiger partial charge on any atom is 0.136 e. The molecule has 1 heterocycles. The van der Waals surface area contributed by atoms with E-state index >= 15 is 0 Å². The van der Waals surface area contributed by atoms with Crippen molar-refractivity contribution >= 4 is 0 Å². The van der Waals surface area contributed by atoms with E-state index in [1.54, 1.807) is 13.2 Å². The number of rotatable bonds is 5. The Labute approximate surface area is 114 Å². The first-order valence-electron chi connectivity index (χ1n) is 6.71. The number of hydrogen-bond donors (Lipinski definition) is 1. The van der Waals surface area contributed by atoms with Crippen LogP contribution in [0.4, 0.5) is 0 Å². The van der Waals surface area contributed by atoms with Gasteiger partial charge in [0.2, 0.25) is 0 Å². The fourth-order valence-corrected chi connectivity index (χ4v) is 2.30. The van der Waals surface area contributed by atoms with Gasteiger partial charge in [-0.05, 0) is 37.1 Å². The first kappa shape index (κ1) is 13.9.